The van der Waals surface area contributed by atoms with E-state index in [4.69, 9.17) is 28.4 Å². The molecular formula is C34H60O10. The molecule has 10 heteroatoms. The van der Waals surface area contributed by atoms with E-state index in [0.29, 0.717) is 18.4 Å². The molecule has 0 spiro atoms. The van der Waals surface area contributed by atoms with E-state index in [-0.39, 0.29) is 6.61 Å². The minimum atomic E-state index is -1.22. The molecule has 0 radical (unpaired) electrons. The van der Waals surface area contributed by atoms with Crippen LogP contribution >= 0.6 is 0 Å². The van der Waals surface area contributed by atoms with Crippen LogP contribution in [0.3, 0.4) is 0 Å². The van der Waals surface area contributed by atoms with Crippen LogP contribution in [0.25, 0.3) is 0 Å². The van der Waals surface area contributed by atoms with Crippen molar-refractivity contribution in [1.82, 2.24) is 0 Å². The molecule has 1 aliphatic rings. The fraction of sp³-hybridized carbons (Fsp3) is 0.882. The van der Waals surface area contributed by atoms with Crippen LogP contribution in [-0.4, -0.2) is 67.8 Å². The molecule has 0 amide bonds. The van der Waals surface area contributed by atoms with Crippen molar-refractivity contribution in [3.8, 4) is 0 Å². The number of hydrogen-bond acceptors (Lipinski definition) is 10. The van der Waals surface area contributed by atoms with Crippen LogP contribution in [0.15, 0.2) is 0 Å². The molecular weight excluding hydrogens is 568 g/mol. The third-order valence-corrected chi connectivity index (χ3v) is 8.11. The van der Waals surface area contributed by atoms with Gasteiger partial charge >= 0.3 is 23.9 Å². The lowest BCUT2D eigenvalue weighted by Crippen LogP contribution is -2.63. The van der Waals surface area contributed by atoms with Gasteiger partial charge in [0.1, 0.15) is 12.7 Å². The first kappa shape index (κ1) is 39.8. The van der Waals surface area contributed by atoms with Crippen molar-refractivity contribution in [2.45, 2.75) is 157 Å². The highest BCUT2D eigenvalue weighted by Crippen LogP contribution is 2.30. The van der Waals surface area contributed by atoms with Gasteiger partial charge in [0.2, 0.25) is 0 Å². The largest absolute Gasteiger partial charge is 0.463 e. The Morgan fingerprint density at radius 2 is 1.00 bits per heavy atom. The Hall–Kier alpha value is -2.20. The second-order valence-corrected chi connectivity index (χ2v) is 13.2. The van der Waals surface area contributed by atoms with E-state index in [1.165, 1.54) is 72.6 Å². The van der Waals surface area contributed by atoms with Crippen molar-refractivity contribution in [2.24, 2.45) is 23.7 Å². The van der Waals surface area contributed by atoms with E-state index >= 15 is 0 Å². The summed E-state index contributed by atoms with van der Waals surface area (Å²) in [4.78, 5) is 47.3. The molecule has 0 aliphatic carbocycles. The fourth-order valence-electron chi connectivity index (χ4n) is 5.65. The lowest BCUT2D eigenvalue weighted by molar-refractivity contribution is -0.308. The maximum atomic E-state index is 12.0. The molecule has 0 saturated carbocycles. The van der Waals surface area contributed by atoms with Crippen LogP contribution in [0, 0.1) is 23.7 Å². The van der Waals surface area contributed by atoms with Gasteiger partial charge in [0.05, 0.1) is 6.61 Å². The summed E-state index contributed by atoms with van der Waals surface area (Å²) in [5.74, 6) is 0.161. The minimum Gasteiger partial charge on any atom is -0.463 e. The second-order valence-electron chi connectivity index (χ2n) is 13.2. The molecule has 0 aromatic heterocycles. The van der Waals surface area contributed by atoms with Crippen LogP contribution in [0.1, 0.15) is 127 Å². The monoisotopic (exact) mass is 628 g/mol. The molecule has 44 heavy (non-hydrogen) atoms. The quantitative estimate of drug-likeness (QED) is 0.102. The van der Waals surface area contributed by atoms with Gasteiger partial charge in [-0.2, -0.15) is 0 Å². The maximum Gasteiger partial charge on any atom is 0.303 e. The van der Waals surface area contributed by atoms with E-state index in [9.17, 15) is 19.2 Å². The first-order valence-electron chi connectivity index (χ1n) is 16.6. The van der Waals surface area contributed by atoms with Crippen LogP contribution in [0.5, 0.6) is 0 Å². The Labute approximate surface area is 265 Å². The van der Waals surface area contributed by atoms with Gasteiger partial charge in [-0.3, -0.25) is 19.2 Å². The highest BCUT2D eigenvalue weighted by molar-refractivity contribution is 5.68. The number of rotatable bonds is 21. The minimum absolute atomic E-state index is 0.274. The SMILES string of the molecule is CC(=O)OCC1OC(OCCC(C)CCC[C@H](C)CCC[C@H](C)CCCC(C)C)C(OC(C)=O)C(OC(C)=O)C1OC(C)=O. The normalized spacial score (nSPS) is 23.8. The van der Waals surface area contributed by atoms with Gasteiger partial charge in [-0.1, -0.05) is 92.4 Å². The summed E-state index contributed by atoms with van der Waals surface area (Å²) in [6, 6.07) is 0. The van der Waals surface area contributed by atoms with E-state index in [2.05, 4.69) is 34.6 Å². The number of carbonyl (C=O) groups is 4. The van der Waals surface area contributed by atoms with E-state index < -0.39 is 54.6 Å². The Morgan fingerprint density at radius 1 is 0.568 bits per heavy atom. The standard InChI is InChI=1S/C34H60O10/c1-22(2)13-10-14-23(3)15-11-16-24(4)17-12-18-25(5)19-20-39-34-33(43-29(9)38)32(42-28(8)37)31(41-27(7)36)30(44-34)21-40-26(6)35/h22-25,30-34H,10-21H2,1-9H3/t23-,24-,25?,30?,31?,32?,33?,34?/m1/s1. The molecule has 0 aromatic carbocycles. The van der Waals surface area contributed by atoms with Crippen molar-refractivity contribution >= 4 is 23.9 Å². The van der Waals surface area contributed by atoms with Crippen molar-refractivity contribution < 1.29 is 47.6 Å². The molecule has 0 bridgehead atoms. The van der Waals surface area contributed by atoms with Crippen molar-refractivity contribution in [2.75, 3.05) is 13.2 Å². The van der Waals surface area contributed by atoms with Gasteiger partial charge in [0, 0.05) is 27.7 Å². The molecule has 0 aromatic rings. The zero-order chi connectivity index (χ0) is 33.2. The summed E-state index contributed by atoms with van der Waals surface area (Å²) >= 11 is 0. The summed E-state index contributed by atoms with van der Waals surface area (Å²) in [6.07, 6.45) is 6.30. The van der Waals surface area contributed by atoms with E-state index in [0.717, 1.165) is 31.1 Å². The molecule has 256 valence electrons. The van der Waals surface area contributed by atoms with Crippen molar-refractivity contribution in [3.63, 3.8) is 0 Å². The molecule has 1 fully saturated rings. The van der Waals surface area contributed by atoms with Crippen LogP contribution in [-0.2, 0) is 47.6 Å². The van der Waals surface area contributed by atoms with Crippen molar-refractivity contribution in [3.05, 3.63) is 0 Å². The molecule has 1 aliphatic heterocycles. The van der Waals surface area contributed by atoms with E-state index in [1.54, 1.807) is 0 Å². The van der Waals surface area contributed by atoms with Gasteiger partial charge in [0.15, 0.2) is 24.6 Å². The number of ether oxygens (including phenoxy) is 6. The average Bonchev–Trinajstić information content (AvgIpc) is 2.89. The molecule has 10 nitrogen and oxygen atoms in total. The van der Waals surface area contributed by atoms with Gasteiger partial charge in [-0.15, -0.1) is 0 Å². The average molecular weight is 629 g/mol. The maximum absolute atomic E-state index is 12.0. The number of esters is 4. The van der Waals surface area contributed by atoms with Crippen LogP contribution in [0.2, 0.25) is 0 Å². The molecule has 1 heterocycles. The molecule has 0 N–H and O–H groups in total. The second kappa shape index (κ2) is 21.5. The lowest BCUT2D eigenvalue weighted by atomic mass is 9.91. The predicted octanol–water partition coefficient (Wildman–Crippen LogP) is 6.55. The number of hydrogen-bond donors (Lipinski definition) is 0. The first-order chi connectivity index (χ1) is 20.7. The summed E-state index contributed by atoms with van der Waals surface area (Å²) in [5.41, 5.74) is 0. The third-order valence-electron chi connectivity index (χ3n) is 8.11. The van der Waals surface area contributed by atoms with Gasteiger partial charge in [-0.25, -0.2) is 0 Å². The highest BCUT2D eigenvalue weighted by atomic mass is 16.7. The van der Waals surface area contributed by atoms with Crippen LogP contribution in [0.4, 0.5) is 0 Å². The predicted molar refractivity (Wildman–Crippen MR) is 166 cm³/mol. The summed E-state index contributed by atoms with van der Waals surface area (Å²) in [7, 11) is 0. The topological polar surface area (TPSA) is 124 Å². The van der Waals surface area contributed by atoms with Gasteiger partial charge < -0.3 is 28.4 Å². The third kappa shape index (κ3) is 17.3. The molecule has 1 saturated heterocycles. The zero-order valence-electron chi connectivity index (χ0n) is 28.8. The molecule has 6 unspecified atom stereocenters. The van der Waals surface area contributed by atoms with Crippen molar-refractivity contribution in [1.29, 1.82) is 0 Å². The smallest absolute Gasteiger partial charge is 0.303 e. The molecule has 1 rings (SSSR count). The Bertz CT molecular complexity index is 859. The summed E-state index contributed by atoms with van der Waals surface area (Å²) in [5, 5.41) is 0. The first-order valence-corrected chi connectivity index (χ1v) is 16.6. The fourth-order valence-corrected chi connectivity index (χ4v) is 5.65. The van der Waals surface area contributed by atoms with Gasteiger partial charge in [-0.05, 0) is 30.1 Å². The van der Waals surface area contributed by atoms with Gasteiger partial charge in [0.25, 0.3) is 0 Å². The Morgan fingerprint density at radius 3 is 1.45 bits per heavy atom. The van der Waals surface area contributed by atoms with E-state index in [1.807, 2.05) is 0 Å². The summed E-state index contributed by atoms with van der Waals surface area (Å²) < 4.78 is 33.5. The number of carbonyl (C=O) groups excluding carboxylic acids is 4. The Kier molecular flexibility index (Phi) is 19.5. The lowest BCUT2D eigenvalue weighted by Gasteiger charge is -2.44. The molecule has 8 atom stereocenters. The highest BCUT2D eigenvalue weighted by Gasteiger charge is 2.52. The van der Waals surface area contributed by atoms with Crippen LogP contribution < -0.4 is 0 Å². The zero-order valence-corrected chi connectivity index (χ0v) is 28.8. The Balaban J connectivity index is 2.65. The summed E-state index contributed by atoms with van der Waals surface area (Å²) in [6.45, 7) is 16.4.